The van der Waals surface area contributed by atoms with Crippen molar-refractivity contribution in [1.82, 2.24) is 19.4 Å². The monoisotopic (exact) mass is 735 g/mol. The van der Waals surface area contributed by atoms with Crippen molar-refractivity contribution in [2.24, 2.45) is 12.5 Å². The summed E-state index contributed by atoms with van der Waals surface area (Å²) >= 11 is 0. The Morgan fingerprint density at radius 1 is 1.04 bits per heavy atom. The fourth-order valence-corrected chi connectivity index (χ4v) is 5.97. The quantitative estimate of drug-likeness (QED) is 0.181. The van der Waals surface area contributed by atoms with Gasteiger partial charge in [-0.25, -0.2) is 36.3 Å². The SMILES string of the molecule is CC(C)OC(=O)[C@H](Cc1ccc(-n2c(=O)ccn(C)c2=O)nc1)NC(=O)c1cc(F)c(NS(=O)(=O)c2ccc(NC(=O)C3(C#N)CC3)cc2)cc1F. The van der Waals surface area contributed by atoms with Crippen molar-refractivity contribution < 1.29 is 36.3 Å². The van der Waals surface area contributed by atoms with Crippen LogP contribution in [0, 0.1) is 28.4 Å². The molecule has 2 aromatic heterocycles. The molecule has 2 heterocycles. The standard InChI is InChI=1S/C34H31F2N7O8S/c1-19(2)51-31(46)27(14-20-4-9-28(38-17-20)43-29(44)10-13-42(3)33(43)48)40-30(45)23-15-25(36)26(16-24(23)35)41-52(49,50)22-7-5-21(6-8-22)39-32(47)34(18-37)11-12-34/h4-10,13,15-17,19,27,41H,11-12,14H2,1-3H3,(H,39,47)(H,40,45)/t27-/m0/s1. The maximum Gasteiger partial charge on any atom is 0.336 e. The van der Waals surface area contributed by atoms with Gasteiger partial charge in [-0.05, 0) is 68.7 Å². The number of nitrogens with one attached hydrogen (secondary N) is 3. The van der Waals surface area contributed by atoms with Crippen LogP contribution in [0.15, 0.2) is 81.5 Å². The van der Waals surface area contributed by atoms with Crippen LogP contribution in [0.3, 0.4) is 0 Å². The Kier molecular flexibility index (Phi) is 10.4. The Hall–Kier alpha value is -6.22. The van der Waals surface area contributed by atoms with Crippen LogP contribution in [0.5, 0.6) is 0 Å². The van der Waals surface area contributed by atoms with Crippen LogP contribution < -0.4 is 26.6 Å². The van der Waals surface area contributed by atoms with Crippen molar-refractivity contribution in [3.05, 3.63) is 111 Å². The van der Waals surface area contributed by atoms with Gasteiger partial charge in [-0.1, -0.05) is 6.07 Å². The number of carbonyl (C=O) groups is 3. The first-order valence-electron chi connectivity index (χ1n) is 15.6. The lowest BCUT2D eigenvalue weighted by molar-refractivity contribution is -0.149. The number of amides is 2. The summed E-state index contributed by atoms with van der Waals surface area (Å²) in [5, 5.41) is 14.0. The molecule has 1 fully saturated rings. The van der Waals surface area contributed by atoms with E-state index in [0.29, 0.717) is 30.5 Å². The van der Waals surface area contributed by atoms with Gasteiger partial charge < -0.3 is 19.9 Å². The number of hydrogen-bond acceptors (Lipinski definition) is 10. The van der Waals surface area contributed by atoms with Gasteiger partial charge in [0.05, 0.1) is 28.3 Å². The first-order chi connectivity index (χ1) is 24.5. The molecular formula is C34H31F2N7O8S. The lowest BCUT2D eigenvalue weighted by Crippen LogP contribution is -2.44. The second kappa shape index (κ2) is 14.6. The fourth-order valence-electron chi connectivity index (χ4n) is 4.91. The Morgan fingerprint density at radius 2 is 1.73 bits per heavy atom. The number of benzene rings is 2. The highest BCUT2D eigenvalue weighted by Crippen LogP contribution is 2.45. The number of aromatic nitrogens is 3. The van der Waals surface area contributed by atoms with Crippen molar-refractivity contribution >= 4 is 39.2 Å². The molecule has 0 saturated heterocycles. The van der Waals surface area contributed by atoms with Crippen molar-refractivity contribution in [2.75, 3.05) is 10.0 Å². The number of aryl methyl sites for hydroxylation is 1. The van der Waals surface area contributed by atoms with Gasteiger partial charge in [-0.15, -0.1) is 0 Å². The molecule has 2 aromatic carbocycles. The largest absolute Gasteiger partial charge is 0.461 e. The van der Waals surface area contributed by atoms with Crippen molar-refractivity contribution in [3.63, 3.8) is 0 Å². The molecule has 0 spiro atoms. The molecule has 3 N–H and O–H groups in total. The zero-order valence-electron chi connectivity index (χ0n) is 27.8. The maximum atomic E-state index is 15.2. The van der Waals surface area contributed by atoms with Crippen LogP contribution in [-0.4, -0.2) is 52.5 Å². The van der Waals surface area contributed by atoms with Crippen molar-refractivity contribution in [2.45, 2.75) is 50.2 Å². The Balaban J connectivity index is 1.31. The molecule has 0 unspecified atom stereocenters. The van der Waals surface area contributed by atoms with E-state index in [-0.39, 0.29) is 22.8 Å². The molecule has 5 rings (SSSR count). The van der Waals surface area contributed by atoms with E-state index in [2.05, 4.69) is 15.6 Å². The van der Waals surface area contributed by atoms with Crippen LogP contribution in [0.4, 0.5) is 20.2 Å². The second-order valence-corrected chi connectivity index (χ2v) is 13.9. The molecule has 1 saturated carbocycles. The topological polar surface area (TPSA) is 211 Å². The van der Waals surface area contributed by atoms with E-state index in [1.165, 1.54) is 54.3 Å². The van der Waals surface area contributed by atoms with Crippen LogP contribution in [0.25, 0.3) is 5.82 Å². The van der Waals surface area contributed by atoms with Crippen LogP contribution >= 0.6 is 0 Å². The number of nitriles is 1. The van der Waals surface area contributed by atoms with Crippen LogP contribution in [0.1, 0.15) is 42.6 Å². The number of ether oxygens (including phenoxy) is 1. The molecule has 270 valence electrons. The number of rotatable bonds is 12. The highest BCUT2D eigenvalue weighted by molar-refractivity contribution is 7.92. The average molecular weight is 736 g/mol. The summed E-state index contributed by atoms with van der Waals surface area (Å²) in [6, 6.07) is 10.2. The maximum absolute atomic E-state index is 15.2. The highest BCUT2D eigenvalue weighted by atomic mass is 32.2. The molecule has 1 aliphatic rings. The number of pyridine rings is 1. The fraction of sp³-hybridized carbons (Fsp3) is 0.265. The first kappa shape index (κ1) is 37.0. The second-order valence-electron chi connectivity index (χ2n) is 12.2. The van der Waals surface area contributed by atoms with Crippen LogP contribution in [0.2, 0.25) is 0 Å². The summed E-state index contributed by atoms with van der Waals surface area (Å²) < 4.78 is 65.5. The van der Waals surface area contributed by atoms with Gasteiger partial charge in [0.1, 0.15) is 28.9 Å². The zero-order valence-corrected chi connectivity index (χ0v) is 28.7. The minimum Gasteiger partial charge on any atom is -0.461 e. The molecule has 18 heteroatoms. The lowest BCUT2D eigenvalue weighted by Gasteiger charge is -2.20. The summed E-state index contributed by atoms with van der Waals surface area (Å²) in [6.45, 7) is 3.12. The molecule has 4 aromatic rings. The number of halogens is 2. The molecule has 0 aliphatic heterocycles. The third-order valence-electron chi connectivity index (χ3n) is 7.94. The van der Waals surface area contributed by atoms with E-state index in [4.69, 9.17) is 4.74 Å². The Morgan fingerprint density at radius 3 is 2.33 bits per heavy atom. The van der Waals surface area contributed by atoms with E-state index in [1.807, 2.05) is 10.8 Å². The van der Waals surface area contributed by atoms with E-state index in [0.717, 1.165) is 16.7 Å². The molecule has 1 atom stereocenters. The number of esters is 1. The Labute approximate surface area is 294 Å². The zero-order chi connectivity index (χ0) is 38.0. The van der Waals surface area contributed by atoms with E-state index in [1.54, 1.807) is 13.8 Å². The van der Waals surface area contributed by atoms with Crippen molar-refractivity contribution in [1.29, 1.82) is 5.26 Å². The number of hydrogen-bond donors (Lipinski definition) is 3. The van der Waals surface area contributed by atoms with E-state index in [9.17, 15) is 37.7 Å². The minimum atomic E-state index is -4.48. The summed E-state index contributed by atoms with van der Waals surface area (Å²) in [4.78, 5) is 66.9. The van der Waals surface area contributed by atoms with Gasteiger partial charge in [-0.3, -0.25) is 19.1 Å². The molecular weight excluding hydrogens is 704 g/mol. The highest BCUT2D eigenvalue weighted by Gasteiger charge is 2.50. The summed E-state index contributed by atoms with van der Waals surface area (Å²) in [7, 11) is -3.03. The predicted octanol–water partition coefficient (Wildman–Crippen LogP) is 2.55. The molecule has 1 aliphatic carbocycles. The van der Waals surface area contributed by atoms with Crippen molar-refractivity contribution in [3.8, 4) is 11.9 Å². The number of nitrogens with zero attached hydrogens (tertiary/aromatic N) is 4. The molecule has 15 nitrogen and oxygen atoms in total. The summed E-state index contributed by atoms with van der Waals surface area (Å²) in [6.07, 6.45) is 2.55. The van der Waals surface area contributed by atoms with Gasteiger partial charge in [-0.2, -0.15) is 5.26 Å². The number of anilines is 2. The smallest absolute Gasteiger partial charge is 0.336 e. The van der Waals surface area contributed by atoms with Crippen LogP contribution in [-0.2, 0) is 37.8 Å². The minimum absolute atomic E-state index is 0.00238. The van der Waals surface area contributed by atoms with Gasteiger partial charge in [0.25, 0.3) is 21.5 Å². The van der Waals surface area contributed by atoms with Gasteiger partial charge in [0.2, 0.25) is 5.91 Å². The van der Waals surface area contributed by atoms with Gasteiger partial charge >= 0.3 is 11.7 Å². The van der Waals surface area contributed by atoms with E-state index >= 15 is 8.78 Å². The third kappa shape index (κ3) is 8.05. The van der Waals surface area contributed by atoms with Gasteiger partial charge in [0.15, 0.2) is 0 Å². The number of sulfonamides is 1. The normalized spacial score (nSPS) is 13.8. The third-order valence-corrected chi connectivity index (χ3v) is 9.32. The van der Waals surface area contributed by atoms with Gasteiger partial charge in [0, 0.05) is 43.7 Å². The molecule has 52 heavy (non-hydrogen) atoms. The number of carbonyl (C=O) groups excluding carboxylic acids is 3. The Bertz CT molecular complexity index is 2330. The summed E-state index contributed by atoms with van der Waals surface area (Å²) in [5.74, 6) is -5.28. The first-order valence-corrected chi connectivity index (χ1v) is 17.1. The molecule has 0 bridgehead atoms. The average Bonchev–Trinajstić information content (AvgIpc) is 3.90. The van der Waals surface area contributed by atoms with E-state index < -0.39 is 79.5 Å². The lowest BCUT2D eigenvalue weighted by atomic mass is 10.1. The molecule has 0 radical (unpaired) electrons. The molecule has 2 amide bonds. The summed E-state index contributed by atoms with van der Waals surface area (Å²) in [5.41, 5.74) is -3.47. The predicted molar refractivity (Wildman–Crippen MR) is 181 cm³/mol.